The van der Waals surface area contributed by atoms with Crippen molar-refractivity contribution in [2.45, 2.75) is 30.9 Å². The summed E-state index contributed by atoms with van der Waals surface area (Å²) in [6.07, 6.45) is 0. The first kappa shape index (κ1) is 16.4. The van der Waals surface area contributed by atoms with Crippen LogP contribution in [0.15, 0.2) is 29.2 Å². The van der Waals surface area contributed by atoms with Crippen LogP contribution in [-0.4, -0.2) is 28.0 Å². The molecule has 5 nitrogen and oxygen atoms in total. The molecular formula is C16H21N3O2S. The van der Waals surface area contributed by atoms with Gasteiger partial charge in [-0.25, -0.2) is 0 Å². The molecule has 0 aliphatic rings. The van der Waals surface area contributed by atoms with E-state index < -0.39 is 0 Å². The van der Waals surface area contributed by atoms with E-state index in [1.165, 1.54) is 11.8 Å². The molecule has 0 radical (unpaired) electrons. The number of nitrogens with zero attached hydrogens (tertiary/aromatic N) is 2. The summed E-state index contributed by atoms with van der Waals surface area (Å²) in [5, 5.41) is 7.07. The molecule has 22 heavy (non-hydrogen) atoms. The summed E-state index contributed by atoms with van der Waals surface area (Å²) < 4.78 is 6.97. The van der Waals surface area contributed by atoms with Gasteiger partial charge in [-0.2, -0.15) is 5.10 Å². The van der Waals surface area contributed by atoms with Crippen molar-refractivity contribution in [2.75, 3.05) is 12.4 Å². The number of anilines is 1. The van der Waals surface area contributed by atoms with Crippen LogP contribution in [0.5, 0.6) is 5.75 Å². The highest BCUT2D eigenvalue weighted by atomic mass is 32.2. The Kier molecular flexibility index (Phi) is 5.13. The quantitative estimate of drug-likeness (QED) is 0.860. The van der Waals surface area contributed by atoms with E-state index in [2.05, 4.69) is 10.4 Å². The van der Waals surface area contributed by atoms with Crippen LogP contribution in [0.25, 0.3) is 0 Å². The molecule has 6 heteroatoms. The van der Waals surface area contributed by atoms with E-state index in [4.69, 9.17) is 4.74 Å². The molecule has 0 aliphatic carbocycles. The Hall–Kier alpha value is -1.95. The Morgan fingerprint density at radius 2 is 2.14 bits per heavy atom. The average molecular weight is 319 g/mol. The normalized spacial score (nSPS) is 12.0. The van der Waals surface area contributed by atoms with Crippen molar-refractivity contribution in [1.82, 2.24) is 9.78 Å². The highest BCUT2D eigenvalue weighted by Crippen LogP contribution is 2.28. The monoisotopic (exact) mass is 319 g/mol. The lowest BCUT2D eigenvalue weighted by molar-refractivity contribution is -0.115. The molecule has 118 valence electrons. The maximum Gasteiger partial charge on any atom is 0.237 e. The van der Waals surface area contributed by atoms with Crippen LogP contribution < -0.4 is 10.1 Å². The number of hydrogen-bond acceptors (Lipinski definition) is 4. The standard InChI is InChI=1S/C16H21N3O2S/c1-10-15(11(2)19(4)18-10)17-16(20)12(3)22-14-8-6-7-13(9-14)21-5/h6-9,12H,1-5H3,(H,17,20)/t12-/m1/s1. The molecule has 0 saturated heterocycles. The zero-order chi connectivity index (χ0) is 16.3. The maximum absolute atomic E-state index is 12.4. The van der Waals surface area contributed by atoms with Crippen LogP contribution >= 0.6 is 11.8 Å². The summed E-state index contributed by atoms with van der Waals surface area (Å²) in [5.74, 6) is 0.753. The van der Waals surface area contributed by atoms with E-state index in [1.54, 1.807) is 11.8 Å². The summed E-state index contributed by atoms with van der Waals surface area (Å²) in [5.41, 5.74) is 2.57. The molecule has 1 aromatic heterocycles. The molecule has 0 saturated carbocycles. The van der Waals surface area contributed by atoms with E-state index in [-0.39, 0.29) is 11.2 Å². The number of benzene rings is 1. The van der Waals surface area contributed by atoms with Gasteiger partial charge < -0.3 is 10.1 Å². The zero-order valence-corrected chi connectivity index (χ0v) is 14.3. The topological polar surface area (TPSA) is 56.1 Å². The van der Waals surface area contributed by atoms with Crippen LogP contribution in [0.3, 0.4) is 0 Å². The zero-order valence-electron chi connectivity index (χ0n) is 13.5. The number of nitrogens with one attached hydrogen (secondary N) is 1. The molecule has 1 heterocycles. The molecule has 0 bridgehead atoms. The van der Waals surface area contributed by atoms with Crippen LogP contribution in [0.4, 0.5) is 5.69 Å². The SMILES string of the molecule is COc1cccc(S[C@H](C)C(=O)Nc2c(C)nn(C)c2C)c1. The lowest BCUT2D eigenvalue weighted by atomic mass is 10.3. The van der Waals surface area contributed by atoms with Crippen LogP contribution in [0.2, 0.25) is 0 Å². The maximum atomic E-state index is 12.4. The third kappa shape index (κ3) is 3.62. The van der Waals surface area contributed by atoms with Gasteiger partial charge in [-0.3, -0.25) is 9.48 Å². The van der Waals surface area contributed by atoms with Gasteiger partial charge in [0, 0.05) is 11.9 Å². The molecule has 1 aromatic carbocycles. The van der Waals surface area contributed by atoms with Gasteiger partial charge in [0.05, 0.1) is 29.4 Å². The van der Waals surface area contributed by atoms with E-state index >= 15 is 0 Å². The average Bonchev–Trinajstić information content (AvgIpc) is 2.73. The molecule has 0 spiro atoms. The highest BCUT2D eigenvalue weighted by Gasteiger charge is 2.18. The van der Waals surface area contributed by atoms with Gasteiger partial charge in [-0.1, -0.05) is 6.07 Å². The number of thioether (sulfide) groups is 1. The molecule has 1 atom stereocenters. The van der Waals surface area contributed by atoms with Crippen molar-refractivity contribution in [3.63, 3.8) is 0 Å². The van der Waals surface area contributed by atoms with Gasteiger partial charge in [-0.05, 0) is 39.0 Å². The number of amides is 1. The van der Waals surface area contributed by atoms with E-state index in [9.17, 15) is 4.79 Å². The highest BCUT2D eigenvalue weighted by molar-refractivity contribution is 8.00. The smallest absolute Gasteiger partial charge is 0.237 e. The van der Waals surface area contributed by atoms with Gasteiger partial charge >= 0.3 is 0 Å². The molecule has 0 fully saturated rings. The summed E-state index contributed by atoms with van der Waals surface area (Å²) in [7, 11) is 3.50. The summed E-state index contributed by atoms with van der Waals surface area (Å²) >= 11 is 1.50. The minimum absolute atomic E-state index is 0.0352. The number of carbonyl (C=O) groups excluding carboxylic acids is 1. The van der Waals surface area contributed by atoms with Gasteiger partial charge in [0.15, 0.2) is 0 Å². The lowest BCUT2D eigenvalue weighted by Gasteiger charge is -2.13. The number of hydrogen-bond donors (Lipinski definition) is 1. The van der Waals surface area contributed by atoms with Gasteiger partial charge in [-0.15, -0.1) is 11.8 Å². The molecule has 0 unspecified atom stereocenters. The molecule has 1 amide bonds. The summed E-state index contributed by atoms with van der Waals surface area (Å²) in [4.78, 5) is 13.4. The van der Waals surface area contributed by atoms with Crippen molar-refractivity contribution >= 4 is 23.4 Å². The van der Waals surface area contributed by atoms with E-state index in [0.29, 0.717) is 0 Å². The third-order valence-corrected chi connectivity index (χ3v) is 4.57. The largest absolute Gasteiger partial charge is 0.497 e. The van der Waals surface area contributed by atoms with E-state index in [1.807, 2.05) is 52.1 Å². The molecule has 2 aromatic rings. The second kappa shape index (κ2) is 6.87. The van der Waals surface area contributed by atoms with Crippen molar-refractivity contribution in [3.05, 3.63) is 35.7 Å². The van der Waals surface area contributed by atoms with Gasteiger partial charge in [0.1, 0.15) is 5.75 Å². The number of ether oxygens (including phenoxy) is 1. The number of carbonyl (C=O) groups is 1. The Morgan fingerprint density at radius 1 is 1.41 bits per heavy atom. The number of rotatable bonds is 5. The Bertz CT molecular complexity index is 682. The predicted octanol–water partition coefficient (Wildman–Crippen LogP) is 3.16. The number of methoxy groups -OCH3 is 1. The van der Waals surface area contributed by atoms with Crippen molar-refractivity contribution in [2.24, 2.45) is 7.05 Å². The second-order valence-corrected chi connectivity index (χ2v) is 6.51. The fourth-order valence-corrected chi connectivity index (χ4v) is 3.03. The van der Waals surface area contributed by atoms with Crippen molar-refractivity contribution < 1.29 is 9.53 Å². The van der Waals surface area contributed by atoms with Crippen LogP contribution in [-0.2, 0) is 11.8 Å². The van der Waals surface area contributed by atoms with Crippen LogP contribution in [0, 0.1) is 13.8 Å². The van der Waals surface area contributed by atoms with Gasteiger partial charge in [0.25, 0.3) is 0 Å². The molecular weight excluding hydrogens is 298 g/mol. The first-order chi connectivity index (χ1) is 10.4. The lowest BCUT2D eigenvalue weighted by Crippen LogP contribution is -2.23. The number of aromatic nitrogens is 2. The summed E-state index contributed by atoms with van der Waals surface area (Å²) in [6, 6.07) is 7.70. The fourth-order valence-electron chi connectivity index (χ4n) is 2.11. The summed E-state index contributed by atoms with van der Waals surface area (Å²) in [6.45, 7) is 5.72. The van der Waals surface area contributed by atoms with Crippen LogP contribution in [0.1, 0.15) is 18.3 Å². The fraction of sp³-hybridized carbons (Fsp3) is 0.375. The first-order valence-electron chi connectivity index (χ1n) is 7.04. The van der Waals surface area contributed by atoms with Gasteiger partial charge in [0.2, 0.25) is 5.91 Å². The second-order valence-electron chi connectivity index (χ2n) is 5.10. The molecule has 0 aliphatic heterocycles. The Balaban J connectivity index is 2.05. The minimum Gasteiger partial charge on any atom is -0.497 e. The predicted molar refractivity (Wildman–Crippen MR) is 89.6 cm³/mol. The Labute approximate surface area is 135 Å². The first-order valence-corrected chi connectivity index (χ1v) is 7.92. The third-order valence-electron chi connectivity index (χ3n) is 3.48. The van der Waals surface area contributed by atoms with Crippen molar-refractivity contribution in [1.29, 1.82) is 0 Å². The van der Waals surface area contributed by atoms with E-state index in [0.717, 1.165) is 27.7 Å². The number of aryl methyl sites for hydroxylation is 2. The minimum atomic E-state index is -0.217. The Morgan fingerprint density at radius 3 is 2.73 bits per heavy atom. The molecule has 1 N–H and O–H groups in total. The van der Waals surface area contributed by atoms with Crippen molar-refractivity contribution in [3.8, 4) is 5.75 Å². The molecule has 2 rings (SSSR count).